The van der Waals surface area contributed by atoms with E-state index in [2.05, 4.69) is 20.6 Å². The summed E-state index contributed by atoms with van der Waals surface area (Å²) < 4.78 is 5.62. The zero-order valence-corrected chi connectivity index (χ0v) is 28.8. The Morgan fingerprint density at radius 1 is 0.679 bits per heavy atom. The summed E-state index contributed by atoms with van der Waals surface area (Å²) in [6.07, 6.45) is 1.60. The van der Waals surface area contributed by atoms with Crippen molar-refractivity contribution in [2.45, 2.75) is 44.1 Å². The number of benzene rings is 4. The molecule has 1 aliphatic rings. The van der Waals surface area contributed by atoms with Crippen LogP contribution in [0.4, 0.5) is 0 Å². The Bertz CT molecular complexity index is 1990. The Morgan fingerprint density at radius 2 is 1.21 bits per heavy atom. The second kappa shape index (κ2) is 17.2. The number of β-amino-alcohol motifs (C(OH)–C–C–N with tert-alkyl or cyclic N) is 1. The molecule has 4 unspecified atom stereocenters. The first-order valence-electron chi connectivity index (χ1n) is 17.3. The van der Waals surface area contributed by atoms with E-state index < -0.39 is 60.2 Å². The van der Waals surface area contributed by atoms with Gasteiger partial charge in [0.25, 0.3) is 11.8 Å². The number of rotatable bonds is 16. The highest BCUT2D eigenvalue weighted by atomic mass is 16.5. The van der Waals surface area contributed by atoms with Crippen LogP contribution in [0.2, 0.25) is 0 Å². The van der Waals surface area contributed by atoms with Crippen LogP contribution in [-0.4, -0.2) is 74.3 Å². The molecule has 12 heteroatoms. The van der Waals surface area contributed by atoms with Crippen LogP contribution in [0.3, 0.4) is 0 Å². The number of amides is 4. The van der Waals surface area contributed by atoms with E-state index in [1.165, 1.54) is 24.7 Å². The summed E-state index contributed by atoms with van der Waals surface area (Å²) >= 11 is 0. The van der Waals surface area contributed by atoms with Gasteiger partial charge >= 0.3 is 5.97 Å². The molecule has 5 aromatic rings. The molecule has 6 rings (SSSR count). The third-order valence-corrected chi connectivity index (χ3v) is 9.07. The lowest BCUT2D eigenvalue weighted by atomic mass is 9.92. The molecule has 1 aliphatic heterocycles. The maximum atomic E-state index is 14.2. The molecule has 0 saturated carbocycles. The molecule has 53 heavy (non-hydrogen) atoms. The molecular formula is C41H39N5O7. The molecular weight excluding hydrogens is 674 g/mol. The molecule has 0 aliphatic carbocycles. The normalized spacial score (nSPS) is 14.5. The van der Waals surface area contributed by atoms with Crippen LogP contribution in [0.5, 0.6) is 0 Å². The summed E-state index contributed by atoms with van der Waals surface area (Å²) in [5.74, 6) is -4.33. The molecule has 4 amide bonds. The second-order valence-electron chi connectivity index (χ2n) is 12.8. The predicted octanol–water partition coefficient (Wildman–Crippen LogP) is 3.42. The van der Waals surface area contributed by atoms with E-state index in [1.54, 1.807) is 36.4 Å². The Hall–Kier alpha value is -6.40. The SMILES string of the molecule is O=C(NC(Cc1ccccc1)C(=O)OCc1ccccc1)C(Cc1cnc[nH]1)NC(=O)C(Cc1ccccc1)C(O)CN1C(=O)c2ccccc2C1=O. The highest BCUT2D eigenvalue weighted by Gasteiger charge is 2.40. The highest BCUT2D eigenvalue weighted by molar-refractivity contribution is 6.21. The minimum Gasteiger partial charge on any atom is -0.459 e. The fourth-order valence-corrected chi connectivity index (χ4v) is 6.24. The summed E-state index contributed by atoms with van der Waals surface area (Å²) in [7, 11) is 0. The summed E-state index contributed by atoms with van der Waals surface area (Å²) in [5.41, 5.74) is 3.24. The molecule has 0 saturated heterocycles. The number of fused-ring (bicyclic) bond motifs is 1. The number of aromatic amines is 1. The van der Waals surface area contributed by atoms with Gasteiger partial charge in [-0.25, -0.2) is 9.78 Å². The number of carbonyl (C=O) groups excluding carboxylic acids is 5. The number of hydrogen-bond donors (Lipinski definition) is 4. The monoisotopic (exact) mass is 713 g/mol. The van der Waals surface area contributed by atoms with Crippen molar-refractivity contribution in [2.24, 2.45) is 5.92 Å². The zero-order valence-electron chi connectivity index (χ0n) is 28.8. The Balaban J connectivity index is 1.23. The van der Waals surface area contributed by atoms with Gasteiger partial charge < -0.3 is 25.5 Å². The number of hydrogen-bond acceptors (Lipinski definition) is 8. The van der Waals surface area contributed by atoms with Gasteiger partial charge in [0.1, 0.15) is 18.7 Å². The third-order valence-electron chi connectivity index (χ3n) is 9.07. The molecule has 0 radical (unpaired) electrons. The van der Waals surface area contributed by atoms with Crippen molar-refractivity contribution in [3.63, 3.8) is 0 Å². The molecule has 12 nitrogen and oxygen atoms in total. The fourth-order valence-electron chi connectivity index (χ4n) is 6.24. The maximum absolute atomic E-state index is 14.2. The summed E-state index contributed by atoms with van der Waals surface area (Å²) in [4.78, 5) is 76.0. The van der Waals surface area contributed by atoms with Crippen molar-refractivity contribution < 1.29 is 33.8 Å². The first kappa shape index (κ1) is 36.4. The zero-order chi connectivity index (χ0) is 37.2. The first-order valence-corrected chi connectivity index (χ1v) is 17.3. The molecule has 0 bridgehead atoms. The van der Waals surface area contributed by atoms with Crippen molar-refractivity contribution in [3.8, 4) is 0 Å². The summed E-state index contributed by atoms with van der Waals surface area (Å²) in [6.45, 7) is -0.442. The van der Waals surface area contributed by atoms with Crippen LogP contribution in [0.25, 0.3) is 0 Å². The van der Waals surface area contributed by atoms with Crippen molar-refractivity contribution in [1.82, 2.24) is 25.5 Å². The van der Waals surface area contributed by atoms with Crippen LogP contribution in [0.15, 0.2) is 128 Å². The minimum absolute atomic E-state index is 0.00129. The molecule has 2 heterocycles. The average molecular weight is 714 g/mol. The highest BCUT2D eigenvalue weighted by Crippen LogP contribution is 2.24. The molecule has 270 valence electrons. The van der Waals surface area contributed by atoms with E-state index in [4.69, 9.17) is 4.74 Å². The third kappa shape index (κ3) is 9.29. The number of esters is 1. The Morgan fingerprint density at radius 3 is 1.77 bits per heavy atom. The van der Waals surface area contributed by atoms with Gasteiger partial charge in [0.05, 0.1) is 36.0 Å². The number of aliphatic hydroxyl groups excluding tert-OH is 1. The number of nitrogens with one attached hydrogen (secondary N) is 3. The number of imide groups is 1. The topological polar surface area (TPSA) is 171 Å². The van der Waals surface area contributed by atoms with E-state index in [0.717, 1.165) is 16.0 Å². The van der Waals surface area contributed by atoms with Gasteiger partial charge in [-0.2, -0.15) is 0 Å². The summed E-state index contributed by atoms with van der Waals surface area (Å²) in [6, 6.07) is 31.3. The predicted molar refractivity (Wildman–Crippen MR) is 194 cm³/mol. The number of aliphatic hydroxyl groups is 1. The van der Waals surface area contributed by atoms with Crippen LogP contribution in [-0.2, 0) is 45.0 Å². The van der Waals surface area contributed by atoms with E-state index in [1.807, 2.05) is 66.7 Å². The quantitative estimate of drug-likeness (QED) is 0.0891. The lowest BCUT2D eigenvalue weighted by Gasteiger charge is -2.28. The average Bonchev–Trinajstić information content (AvgIpc) is 3.79. The van der Waals surface area contributed by atoms with Crippen molar-refractivity contribution in [1.29, 1.82) is 0 Å². The van der Waals surface area contributed by atoms with Gasteiger partial charge in [-0.1, -0.05) is 103 Å². The van der Waals surface area contributed by atoms with E-state index in [-0.39, 0.29) is 37.0 Å². The molecule has 0 fully saturated rings. The van der Waals surface area contributed by atoms with Gasteiger partial charge in [0.15, 0.2) is 0 Å². The Kier molecular flexibility index (Phi) is 11.8. The number of nitrogens with zero attached hydrogens (tertiary/aromatic N) is 2. The van der Waals surface area contributed by atoms with Gasteiger partial charge in [0.2, 0.25) is 11.8 Å². The van der Waals surface area contributed by atoms with Crippen molar-refractivity contribution in [3.05, 3.63) is 161 Å². The van der Waals surface area contributed by atoms with Crippen LogP contribution in [0, 0.1) is 5.92 Å². The molecule has 0 spiro atoms. The number of carbonyl (C=O) groups is 5. The molecule has 1 aromatic heterocycles. The van der Waals surface area contributed by atoms with Crippen LogP contribution < -0.4 is 10.6 Å². The van der Waals surface area contributed by atoms with Crippen molar-refractivity contribution >= 4 is 29.6 Å². The number of H-pyrrole nitrogens is 1. The van der Waals surface area contributed by atoms with E-state index >= 15 is 0 Å². The van der Waals surface area contributed by atoms with E-state index in [9.17, 15) is 29.1 Å². The number of imidazole rings is 1. The Labute approximate surface area is 306 Å². The minimum atomic E-state index is -1.49. The van der Waals surface area contributed by atoms with Gasteiger partial charge in [0, 0.05) is 24.7 Å². The maximum Gasteiger partial charge on any atom is 0.329 e. The van der Waals surface area contributed by atoms with Gasteiger partial charge in [-0.3, -0.25) is 24.1 Å². The van der Waals surface area contributed by atoms with Crippen LogP contribution >= 0.6 is 0 Å². The second-order valence-corrected chi connectivity index (χ2v) is 12.8. The first-order chi connectivity index (χ1) is 25.8. The van der Waals surface area contributed by atoms with Gasteiger partial charge in [-0.15, -0.1) is 0 Å². The number of ether oxygens (including phenoxy) is 1. The van der Waals surface area contributed by atoms with E-state index in [0.29, 0.717) is 11.3 Å². The number of aromatic nitrogens is 2. The summed E-state index contributed by atoms with van der Waals surface area (Å²) in [5, 5.41) is 17.2. The smallest absolute Gasteiger partial charge is 0.329 e. The van der Waals surface area contributed by atoms with Gasteiger partial charge in [-0.05, 0) is 35.2 Å². The largest absolute Gasteiger partial charge is 0.459 e. The lowest BCUT2D eigenvalue weighted by Crippen LogP contribution is -2.55. The fraction of sp³-hybridized carbons (Fsp3) is 0.220. The molecule has 4 N–H and O–H groups in total. The lowest BCUT2D eigenvalue weighted by molar-refractivity contribution is -0.149. The standard InChI is InChI=1S/C41H39N5O7/c47-36(24-46-39(50)31-18-10-11-19-32(31)40(46)51)33(20-27-12-4-1-5-13-27)37(48)44-34(22-30-23-42-26-43-30)38(49)45-35(21-28-14-6-2-7-15-28)41(52)53-25-29-16-8-3-9-17-29/h1-19,23,26,33-36,47H,20-22,24-25H2,(H,42,43)(H,44,48)(H,45,49). The van der Waals surface area contributed by atoms with Crippen molar-refractivity contribution in [2.75, 3.05) is 6.54 Å². The molecule has 4 atom stereocenters. The molecule has 4 aromatic carbocycles. The van der Waals surface area contributed by atoms with Crippen LogP contribution in [0.1, 0.15) is 43.1 Å².